The van der Waals surface area contributed by atoms with E-state index in [9.17, 15) is 0 Å². The van der Waals surface area contributed by atoms with Gasteiger partial charge in [-0.05, 0) is 25.9 Å². The van der Waals surface area contributed by atoms with E-state index in [0.29, 0.717) is 0 Å². The summed E-state index contributed by atoms with van der Waals surface area (Å²) >= 11 is 0. The van der Waals surface area contributed by atoms with Crippen molar-refractivity contribution in [3.63, 3.8) is 0 Å². The molecule has 2 heteroatoms. The highest BCUT2D eigenvalue weighted by molar-refractivity contribution is 5.02. The van der Waals surface area contributed by atoms with Gasteiger partial charge in [0, 0.05) is 0 Å². The summed E-state index contributed by atoms with van der Waals surface area (Å²) in [6, 6.07) is 0. The zero-order valence-corrected chi connectivity index (χ0v) is 13.9. The van der Waals surface area contributed by atoms with E-state index in [4.69, 9.17) is 0 Å². The SMILES string of the molecule is CCCCCCCNCC#CCNCCCCCCC. The molecule has 0 fully saturated rings. The molecule has 0 radical (unpaired) electrons. The Morgan fingerprint density at radius 1 is 0.550 bits per heavy atom. The number of unbranched alkanes of at least 4 members (excludes halogenated alkanes) is 8. The van der Waals surface area contributed by atoms with Crippen LogP contribution >= 0.6 is 0 Å². The van der Waals surface area contributed by atoms with Crippen molar-refractivity contribution in [1.29, 1.82) is 0 Å². The molecule has 0 saturated heterocycles. The highest BCUT2D eigenvalue weighted by Crippen LogP contribution is 2.01. The molecule has 0 aromatic heterocycles. The average molecular weight is 280 g/mol. The second-order valence-electron chi connectivity index (χ2n) is 5.54. The van der Waals surface area contributed by atoms with Crippen LogP contribution in [-0.4, -0.2) is 26.2 Å². The molecule has 118 valence electrons. The molecule has 0 heterocycles. The summed E-state index contributed by atoms with van der Waals surface area (Å²) in [5.74, 6) is 6.35. The van der Waals surface area contributed by atoms with Crippen LogP contribution in [0, 0.1) is 11.8 Å². The molecule has 2 nitrogen and oxygen atoms in total. The minimum atomic E-state index is 0.839. The van der Waals surface area contributed by atoms with Gasteiger partial charge in [0.2, 0.25) is 0 Å². The van der Waals surface area contributed by atoms with E-state index in [1.54, 1.807) is 0 Å². The molecule has 0 spiro atoms. The third-order valence-corrected chi connectivity index (χ3v) is 3.47. The lowest BCUT2D eigenvalue weighted by atomic mass is 10.1. The van der Waals surface area contributed by atoms with Crippen molar-refractivity contribution in [3.8, 4) is 11.8 Å². The molecule has 2 N–H and O–H groups in total. The quantitative estimate of drug-likeness (QED) is 0.369. The Morgan fingerprint density at radius 3 is 1.35 bits per heavy atom. The van der Waals surface area contributed by atoms with Crippen molar-refractivity contribution in [2.24, 2.45) is 0 Å². The Bertz CT molecular complexity index is 205. The number of hydrogen-bond acceptors (Lipinski definition) is 2. The Morgan fingerprint density at radius 2 is 0.950 bits per heavy atom. The fourth-order valence-corrected chi connectivity index (χ4v) is 2.13. The van der Waals surface area contributed by atoms with Gasteiger partial charge < -0.3 is 10.6 Å². The van der Waals surface area contributed by atoms with E-state index in [1.807, 2.05) is 0 Å². The first-order chi connectivity index (χ1) is 9.91. The van der Waals surface area contributed by atoms with Crippen molar-refractivity contribution in [3.05, 3.63) is 0 Å². The van der Waals surface area contributed by atoms with E-state index in [0.717, 1.165) is 26.2 Å². The normalized spacial score (nSPS) is 10.3. The fourth-order valence-electron chi connectivity index (χ4n) is 2.13. The van der Waals surface area contributed by atoms with Crippen LogP contribution in [0.15, 0.2) is 0 Å². The summed E-state index contributed by atoms with van der Waals surface area (Å²) < 4.78 is 0. The van der Waals surface area contributed by atoms with E-state index >= 15 is 0 Å². The zero-order valence-electron chi connectivity index (χ0n) is 13.9. The molecule has 0 rings (SSSR count). The molecule has 0 unspecified atom stereocenters. The molecule has 0 saturated carbocycles. The summed E-state index contributed by atoms with van der Waals surface area (Å²) in [4.78, 5) is 0. The highest BCUT2D eigenvalue weighted by Gasteiger charge is 1.89. The molecule has 0 atom stereocenters. The van der Waals surface area contributed by atoms with Crippen LogP contribution in [0.4, 0.5) is 0 Å². The first-order valence-electron chi connectivity index (χ1n) is 8.79. The van der Waals surface area contributed by atoms with Gasteiger partial charge in [-0.1, -0.05) is 77.1 Å². The van der Waals surface area contributed by atoms with Gasteiger partial charge in [-0.2, -0.15) is 0 Å². The number of nitrogens with one attached hydrogen (secondary N) is 2. The van der Waals surface area contributed by atoms with Crippen LogP contribution in [0.25, 0.3) is 0 Å². The van der Waals surface area contributed by atoms with Crippen LogP contribution in [0.1, 0.15) is 78.1 Å². The molecule has 0 aromatic rings. The molecule has 0 bridgehead atoms. The summed E-state index contributed by atoms with van der Waals surface area (Å²) in [7, 11) is 0. The largest absolute Gasteiger partial charge is 0.306 e. The second kappa shape index (κ2) is 18.5. The maximum absolute atomic E-state index is 3.39. The zero-order chi connectivity index (χ0) is 14.7. The molecule has 0 aliphatic heterocycles. The van der Waals surface area contributed by atoms with Crippen molar-refractivity contribution in [2.45, 2.75) is 78.1 Å². The van der Waals surface area contributed by atoms with Crippen LogP contribution in [0.3, 0.4) is 0 Å². The van der Waals surface area contributed by atoms with Gasteiger partial charge in [0.05, 0.1) is 13.1 Å². The standard InChI is InChI=1S/C18H36N2/c1-3-5-7-9-11-15-19-17-13-14-18-20-16-12-10-8-6-4-2/h19-20H,3-12,15-18H2,1-2H3. The van der Waals surface area contributed by atoms with Gasteiger partial charge in [0.1, 0.15) is 0 Å². The van der Waals surface area contributed by atoms with Gasteiger partial charge in [0.25, 0.3) is 0 Å². The van der Waals surface area contributed by atoms with Gasteiger partial charge in [0.15, 0.2) is 0 Å². The molecule has 0 aliphatic rings. The predicted molar refractivity (Wildman–Crippen MR) is 91.0 cm³/mol. The van der Waals surface area contributed by atoms with Crippen molar-refractivity contribution >= 4 is 0 Å². The predicted octanol–water partition coefficient (Wildman–Crippen LogP) is 4.11. The van der Waals surface area contributed by atoms with E-state index in [-0.39, 0.29) is 0 Å². The van der Waals surface area contributed by atoms with Gasteiger partial charge in [-0.3, -0.25) is 0 Å². The van der Waals surface area contributed by atoms with Crippen LogP contribution in [-0.2, 0) is 0 Å². The first kappa shape index (κ1) is 19.5. The average Bonchev–Trinajstić information content (AvgIpc) is 2.47. The Balaban J connectivity index is 3.06. The molecule has 0 aliphatic carbocycles. The third-order valence-electron chi connectivity index (χ3n) is 3.47. The smallest absolute Gasteiger partial charge is 0.0577 e. The fraction of sp³-hybridized carbons (Fsp3) is 0.889. The first-order valence-corrected chi connectivity index (χ1v) is 8.79. The lowest BCUT2D eigenvalue weighted by Gasteiger charge is -2.01. The molecule has 0 amide bonds. The molecular formula is C18H36N2. The van der Waals surface area contributed by atoms with Gasteiger partial charge in [-0.25, -0.2) is 0 Å². The Hall–Kier alpha value is -0.520. The minimum Gasteiger partial charge on any atom is -0.306 e. The van der Waals surface area contributed by atoms with E-state index in [1.165, 1.54) is 64.2 Å². The van der Waals surface area contributed by atoms with Gasteiger partial charge >= 0.3 is 0 Å². The summed E-state index contributed by atoms with van der Waals surface area (Å²) in [6.07, 6.45) is 13.5. The van der Waals surface area contributed by atoms with Crippen molar-refractivity contribution in [1.82, 2.24) is 10.6 Å². The summed E-state index contributed by atoms with van der Waals surface area (Å²) in [5, 5.41) is 6.77. The lowest BCUT2D eigenvalue weighted by molar-refractivity contribution is 0.600. The highest BCUT2D eigenvalue weighted by atomic mass is 14.8. The Labute approximate surface area is 127 Å². The van der Waals surface area contributed by atoms with E-state index in [2.05, 4.69) is 36.3 Å². The van der Waals surface area contributed by atoms with Crippen LogP contribution in [0.2, 0.25) is 0 Å². The molecule has 20 heavy (non-hydrogen) atoms. The van der Waals surface area contributed by atoms with Gasteiger partial charge in [-0.15, -0.1) is 0 Å². The molecular weight excluding hydrogens is 244 g/mol. The van der Waals surface area contributed by atoms with E-state index < -0.39 is 0 Å². The minimum absolute atomic E-state index is 0.839. The number of rotatable bonds is 14. The third kappa shape index (κ3) is 17.5. The summed E-state index contributed by atoms with van der Waals surface area (Å²) in [5.41, 5.74) is 0. The van der Waals surface area contributed by atoms with Crippen LogP contribution < -0.4 is 10.6 Å². The van der Waals surface area contributed by atoms with Crippen molar-refractivity contribution in [2.75, 3.05) is 26.2 Å². The van der Waals surface area contributed by atoms with Crippen LogP contribution in [0.5, 0.6) is 0 Å². The molecule has 0 aromatic carbocycles. The lowest BCUT2D eigenvalue weighted by Crippen LogP contribution is -2.17. The summed E-state index contributed by atoms with van der Waals surface area (Å²) in [6.45, 7) is 8.42. The number of hydrogen-bond donors (Lipinski definition) is 2. The Kier molecular flexibility index (Phi) is 18.0. The maximum atomic E-state index is 3.39. The second-order valence-corrected chi connectivity index (χ2v) is 5.54. The topological polar surface area (TPSA) is 24.1 Å². The monoisotopic (exact) mass is 280 g/mol. The maximum Gasteiger partial charge on any atom is 0.0577 e. The van der Waals surface area contributed by atoms with Crippen molar-refractivity contribution < 1.29 is 0 Å².